The molecule has 0 aromatic heterocycles. The fourth-order valence-corrected chi connectivity index (χ4v) is 4.38. The summed E-state index contributed by atoms with van der Waals surface area (Å²) in [6.45, 7) is 1.59. The molecule has 4 rings (SSSR count). The number of halogens is 1. The van der Waals surface area contributed by atoms with Crippen molar-refractivity contribution < 1.29 is 41.1 Å². The van der Waals surface area contributed by atoms with E-state index in [1.807, 2.05) is 60.7 Å². The van der Waals surface area contributed by atoms with Gasteiger partial charge < -0.3 is 36.8 Å². The molecule has 3 aromatic carbocycles. The molecule has 0 unspecified atom stereocenters. The van der Waals surface area contributed by atoms with Gasteiger partial charge in [-0.1, -0.05) is 60.7 Å². The minimum absolute atomic E-state index is 0. The van der Waals surface area contributed by atoms with E-state index in [-0.39, 0.29) is 31.4 Å². The Hall–Kier alpha value is -3.55. The van der Waals surface area contributed by atoms with E-state index in [0.717, 1.165) is 44.6 Å². The third kappa shape index (κ3) is 7.24. The molecule has 37 heavy (non-hydrogen) atoms. The summed E-state index contributed by atoms with van der Waals surface area (Å²) < 4.78 is 12.1. The van der Waals surface area contributed by atoms with Gasteiger partial charge in [-0.05, 0) is 39.9 Å². The topological polar surface area (TPSA) is 84.9 Å². The number of benzene rings is 3. The van der Waals surface area contributed by atoms with E-state index in [1.54, 1.807) is 0 Å². The molecule has 0 saturated carbocycles. The Morgan fingerprint density at radius 1 is 0.919 bits per heavy atom. The number of carboxylic acids is 1. The first-order valence-corrected chi connectivity index (χ1v) is 12.1. The molecular weight excluding hydrogens is 492 g/mol. The van der Waals surface area contributed by atoms with Crippen molar-refractivity contribution in [2.24, 2.45) is 0 Å². The van der Waals surface area contributed by atoms with Crippen LogP contribution in [0.2, 0.25) is 0 Å². The summed E-state index contributed by atoms with van der Waals surface area (Å²) in [4.78, 5) is 24.4. The number of hydrogen-bond donors (Lipinski definition) is 2. The average molecular weight is 525 g/mol. The minimum Gasteiger partial charge on any atom is -1.00 e. The molecule has 0 aliphatic heterocycles. The van der Waals surface area contributed by atoms with Gasteiger partial charge in [-0.2, -0.15) is 0 Å². The molecule has 1 aliphatic rings. The predicted octanol–water partition coefficient (Wildman–Crippen LogP) is 1.31. The second kappa shape index (κ2) is 12.1. The van der Waals surface area contributed by atoms with Crippen LogP contribution >= 0.6 is 0 Å². The molecule has 0 bridgehead atoms. The summed E-state index contributed by atoms with van der Waals surface area (Å²) in [5.74, 6) is -0.480. The van der Waals surface area contributed by atoms with Gasteiger partial charge in [0.25, 0.3) is 0 Å². The number of nitrogens with zero attached hydrogens (tertiary/aromatic N) is 1. The Bertz CT molecular complexity index is 1180. The normalized spacial score (nSPS) is 13.1. The summed E-state index contributed by atoms with van der Waals surface area (Å²) in [7, 11) is 6.30. The van der Waals surface area contributed by atoms with Crippen molar-refractivity contribution in [3.05, 3.63) is 89.5 Å². The maximum atomic E-state index is 12.6. The maximum Gasteiger partial charge on any atom is 0.407 e. The third-order valence-corrected chi connectivity index (χ3v) is 6.33. The van der Waals surface area contributed by atoms with Crippen molar-refractivity contribution in [1.82, 2.24) is 5.32 Å². The highest BCUT2D eigenvalue weighted by molar-refractivity contribution is 5.81. The van der Waals surface area contributed by atoms with Crippen LogP contribution in [0, 0.1) is 0 Å². The van der Waals surface area contributed by atoms with Crippen molar-refractivity contribution in [2.75, 3.05) is 40.9 Å². The van der Waals surface area contributed by atoms with Crippen molar-refractivity contribution in [3.63, 3.8) is 0 Å². The minimum atomic E-state index is -1.12. The number of quaternary nitrogens is 1. The Labute approximate surface area is 224 Å². The predicted molar refractivity (Wildman–Crippen MR) is 138 cm³/mol. The molecule has 3 aromatic rings. The number of carbonyl (C=O) groups is 2. The lowest BCUT2D eigenvalue weighted by Crippen LogP contribution is -3.00. The summed E-state index contributed by atoms with van der Waals surface area (Å²) in [6, 6.07) is 22.3. The van der Waals surface area contributed by atoms with Crippen LogP contribution in [0.1, 0.15) is 22.6 Å². The van der Waals surface area contributed by atoms with Crippen LogP contribution in [0.15, 0.2) is 72.8 Å². The number of carbonyl (C=O) groups excluding carboxylic acids is 1. The smallest absolute Gasteiger partial charge is 0.407 e. The third-order valence-electron chi connectivity index (χ3n) is 6.33. The molecule has 0 radical (unpaired) electrons. The molecule has 8 heteroatoms. The molecule has 2 N–H and O–H groups in total. The van der Waals surface area contributed by atoms with Gasteiger partial charge in [0.2, 0.25) is 0 Å². The highest BCUT2D eigenvalue weighted by Crippen LogP contribution is 2.44. The number of hydrogen-bond acceptors (Lipinski definition) is 4. The summed E-state index contributed by atoms with van der Waals surface area (Å²) in [5.41, 5.74) is 5.25. The first kappa shape index (κ1) is 28.0. The molecular formula is C29H33ClN2O5. The number of ether oxygens (including phenoxy) is 2. The molecule has 1 aliphatic carbocycles. The lowest BCUT2D eigenvalue weighted by atomic mass is 9.98. The largest absolute Gasteiger partial charge is 1.00 e. The van der Waals surface area contributed by atoms with Gasteiger partial charge in [0.05, 0.1) is 21.1 Å². The van der Waals surface area contributed by atoms with Crippen molar-refractivity contribution in [3.8, 4) is 16.9 Å². The number of carboxylic acid groups (broad SMARTS) is 1. The Kier molecular flexibility index (Phi) is 9.18. The monoisotopic (exact) mass is 524 g/mol. The first-order chi connectivity index (χ1) is 17.2. The summed E-state index contributed by atoms with van der Waals surface area (Å²) >= 11 is 0. The number of amides is 1. The van der Waals surface area contributed by atoms with Crippen LogP contribution in [0.3, 0.4) is 0 Å². The Balaban J connectivity index is 0.00000380. The summed E-state index contributed by atoms with van der Waals surface area (Å²) in [6.07, 6.45) is -0.608. The Morgan fingerprint density at radius 2 is 1.49 bits per heavy atom. The van der Waals surface area contributed by atoms with Crippen LogP contribution in [-0.4, -0.2) is 68.6 Å². The molecule has 7 nitrogen and oxygen atoms in total. The van der Waals surface area contributed by atoms with Crippen LogP contribution in [0.25, 0.3) is 11.1 Å². The first-order valence-electron chi connectivity index (χ1n) is 12.1. The zero-order valence-corrected chi connectivity index (χ0v) is 22.1. The number of alkyl carbamates (subject to hydrolysis) is 1. The standard InChI is InChI=1S/C29H32N2O5.ClH/c1-31(2,3)16-17-35-21-14-12-20(13-15-21)18-27(28(32)33)30-29(34)36-19-26-24-10-6-4-8-22(24)23-9-5-7-11-25(23)26;/h4-15,26-27H,16-19H2,1-3H3,(H-,30,32,33,34);1H/t27-;/m0./s1. The van der Waals surface area contributed by atoms with E-state index in [1.165, 1.54) is 0 Å². The Morgan fingerprint density at radius 3 is 2.03 bits per heavy atom. The fourth-order valence-electron chi connectivity index (χ4n) is 4.38. The van der Waals surface area contributed by atoms with Crippen LogP contribution in [0.4, 0.5) is 4.79 Å². The lowest BCUT2D eigenvalue weighted by Gasteiger charge is -2.23. The number of fused-ring (bicyclic) bond motifs is 3. The fraction of sp³-hybridized carbons (Fsp3) is 0.310. The van der Waals surface area contributed by atoms with Crippen molar-refractivity contribution in [1.29, 1.82) is 0 Å². The summed E-state index contributed by atoms with van der Waals surface area (Å²) in [5, 5.41) is 12.2. The highest BCUT2D eigenvalue weighted by Gasteiger charge is 2.29. The SMILES string of the molecule is C[N+](C)(C)CCOc1ccc(C[C@H](NC(=O)OCC2c3ccccc3-c3ccccc32)C(=O)O)cc1.[Cl-]. The molecule has 0 fully saturated rings. The van der Waals surface area contributed by atoms with Gasteiger partial charge in [-0.15, -0.1) is 0 Å². The molecule has 1 atom stereocenters. The van der Waals surface area contributed by atoms with Gasteiger partial charge >= 0.3 is 12.1 Å². The number of rotatable bonds is 10. The van der Waals surface area contributed by atoms with Gasteiger partial charge in [-0.25, -0.2) is 9.59 Å². The number of likely N-dealkylation sites (N-methyl/N-ethyl adjacent to an activating group) is 1. The molecule has 196 valence electrons. The van der Waals surface area contributed by atoms with Gasteiger partial charge in [0, 0.05) is 12.3 Å². The van der Waals surface area contributed by atoms with Crippen molar-refractivity contribution >= 4 is 12.1 Å². The van der Waals surface area contributed by atoms with Gasteiger partial charge in [0.15, 0.2) is 0 Å². The maximum absolute atomic E-state index is 12.6. The van der Waals surface area contributed by atoms with Crippen molar-refractivity contribution in [2.45, 2.75) is 18.4 Å². The van der Waals surface area contributed by atoms with Crippen LogP contribution in [-0.2, 0) is 16.0 Å². The number of aliphatic carboxylic acids is 1. The van der Waals surface area contributed by atoms with E-state index in [0.29, 0.717) is 6.61 Å². The van der Waals surface area contributed by atoms with E-state index < -0.39 is 18.1 Å². The van der Waals surface area contributed by atoms with E-state index >= 15 is 0 Å². The second-order valence-electron chi connectivity index (χ2n) is 10.1. The van der Waals surface area contributed by atoms with E-state index in [4.69, 9.17) is 9.47 Å². The molecule has 0 saturated heterocycles. The van der Waals surface area contributed by atoms with Crippen LogP contribution in [0.5, 0.6) is 5.75 Å². The molecule has 1 amide bonds. The van der Waals surface area contributed by atoms with E-state index in [9.17, 15) is 14.7 Å². The molecule has 0 spiro atoms. The quantitative estimate of drug-likeness (QED) is 0.391. The molecule has 0 heterocycles. The average Bonchev–Trinajstić information content (AvgIpc) is 3.16. The van der Waals surface area contributed by atoms with E-state index in [2.05, 4.69) is 38.6 Å². The van der Waals surface area contributed by atoms with Crippen LogP contribution < -0.4 is 22.5 Å². The van der Waals surface area contributed by atoms with Gasteiger partial charge in [-0.3, -0.25) is 0 Å². The number of nitrogens with one attached hydrogen (secondary N) is 1. The van der Waals surface area contributed by atoms with Gasteiger partial charge in [0.1, 0.15) is 31.5 Å². The second-order valence-corrected chi connectivity index (χ2v) is 10.1. The zero-order valence-electron chi connectivity index (χ0n) is 21.3. The lowest BCUT2D eigenvalue weighted by molar-refractivity contribution is -0.870. The highest BCUT2D eigenvalue weighted by atomic mass is 35.5. The zero-order chi connectivity index (χ0) is 25.7.